The molecule has 8 nitrogen and oxygen atoms in total. The average molecular weight is 577 g/mol. The molecular weight excluding hydrogens is 520 g/mol. The molecule has 3 unspecified atom stereocenters. The number of carbonyl (C=O) groups is 1. The number of rotatable bonds is 18. The number of methoxy groups -OCH3 is 2. The molecule has 3 rings (SSSR count). The van der Waals surface area contributed by atoms with E-state index in [-0.39, 0.29) is 23.7 Å². The Labute approximate surface area is 248 Å². The fourth-order valence-corrected chi connectivity index (χ4v) is 6.33. The van der Waals surface area contributed by atoms with Gasteiger partial charge in [0.15, 0.2) is 11.5 Å². The molecule has 1 heterocycles. The second kappa shape index (κ2) is 16.1. The van der Waals surface area contributed by atoms with Crippen LogP contribution in [-0.4, -0.2) is 70.4 Å². The zero-order valence-corrected chi connectivity index (χ0v) is 26.3. The minimum Gasteiger partial charge on any atom is -0.493 e. The van der Waals surface area contributed by atoms with E-state index in [0.717, 1.165) is 56.8 Å². The molecule has 1 aromatic rings. The van der Waals surface area contributed by atoms with Gasteiger partial charge in [0.25, 0.3) is 0 Å². The van der Waals surface area contributed by atoms with Crippen LogP contribution >= 0.6 is 0 Å². The third-order valence-corrected chi connectivity index (χ3v) is 9.50. The average Bonchev–Trinajstić information content (AvgIpc) is 3.62. The number of amides is 1. The molecule has 1 saturated carbocycles. The van der Waals surface area contributed by atoms with E-state index in [0.29, 0.717) is 49.1 Å². The highest BCUT2D eigenvalue weighted by Gasteiger charge is 2.53. The van der Waals surface area contributed by atoms with Crippen LogP contribution in [0.15, 0.2) is 18.2 Å². The SMILES string of the molecule is COCCCOc1cc(CC(C[C@H](N)C(O)CC(C(=O)NC[C@@H]2CC23CCOCC3)C(C)C)C(C)C)ccc1OC. The van der Waals surface area contributed by atoms with Gasteiger partial charge in [-0.05, 0) is 85.3 Å². The highest BCUT2D eigenvalue weighted by Crippen LogP contribution is 2.58. The Kier molecular flexibility index (Phi) is 13.2. The summed E-state index contributed by atoms with van der Waals surface area (Å²) >= 11 is 0. The molecule has 234 valence electrons. The summed E-state index contributed by atoms with van der Waals surface area (Å²) in [6.45, 7) is 12.1. The summed E-state index contributed by atoms with van der Waals surface area (Å²) in [6.07, 6.45) is 5.32. The third kappa shape index (κ3) is 9.84. The van der Waals surface area contributed by atoms with E-state index in [1.165, 1.54) is 6.42 Å². The van der Waals surface area contributed by atoms with E-state index in [1.807, 2.05) is 12.1 Å². The smallest absolute Gasteiger partial charge is 0.223 e. The zero-order chi connectivity index (χ0) is 30.0. The Morgan fingerprint density at radius 1 is 1.10 bits per heavy atom. The minimum absolute atomic E-state index is 0.0389. The first-order valence-corrected chi connectivity index (χ1v) is 15.7. The number of ether oxygens (including phenoxy) is 4. The van der Waals surface area contributed by atoms with Gasteiger partial charge in [-0.3, -0.25) is 4.79 Å². The van der Waals surface area contributed by atoms with E-state index < -0.39 is 12.1 Å². The normalized spacial score (nSPS) is 21.0. The van der Waals surface area contributed by atoms with Gasteiger partial charge in [0.05, 0.1) is 19.8 Å². The number of nitrogens with one attached hydrogen (secondary N) is 1. The summed E-state index contributed by atoms with van der Waals surface area (Å²) in [5.41, 5.74) is 8.13. The van der Waals surface area contributed by atoms with Crippen LogP contribution in [0.5, 0.6) is 11.5 Å². The topological polar surface area (TPSA) is 112 Å². The third-order valence-electron chi connectivity index (χ3n) is 9.50. The van der Waals surface area contributed by atoms with E-state index in [1.54, 1.807) is 14.2 Å². The molecule has 1 aliphatic carbocycles. The number of benzene rings is 1. The Morgan fingerprint density at radius 3 is 2.46 bits per heavy atom. The minimum atomic E-state index is -0.743. The first-order valence-electron chi connectivity index (χ1n) is 15.7. The van der Waals surface area contributed by atoms with Gasteiger partial charge in [-0.15, -0.1) is 0 Å². The summed E-state index contributed by atoms with van der Waals surface area (Å²) in [6, 6.07) is 5.66. The number of nitrogens with two attached hydrogens (primary N) is 1. The molecule has 1 spiro atoms. The van der Waals surface area contributed by atoms with Gasteiger partial charge in [0.1, 0.15) is 0 Å². The first-order chi connectivity index (χ1) is 19.6. The molecule has 2 aliphatic rings. The number of aliphatic hydroxyl groups is 1. The van der Waals surface area contributed by atoms with E-state index in [2.05, 4.69) is 39.1 Å². The molecule has 1 amide bonds. The maximum atomic E-state index is 13.2. The molecule has 5 atom stereocenters. The van der Waals surface area contributed by atoms with Crippen LogP contribution in [-0.2, 0) is 20.7 Å². The lowest BCUT2D eigenvalue weighted by Gasteiger charge is -2.30. The Morgan fingerprint density at radius 2 is 1.83 bits per heavy atom. The molecule has 4 N–H and O–H groups in total. The van der Waals surface area contributed by atoms with Gasteiger partial charge in [-0.2, -0.15) is 0 Å². The van der Waals surface area contributed by atoms with E-state index in [9.17, 15) is 9.90 Å². The summed E-state index contributed by atoms with van der Waals surface area (Å²) in [5.74, 6) is 2.53. The Hall–Kier alpha value is -1.87. The van der Waals surface area contributed by atoms with Crippen molar-refractivity contribution in [2.45, 2.75) is 84.8 Å². The molecule has 8 heteroatoms. The molecule has 0 bridgehead atoms. The van der Waals surface area contributed by atoms with Crippen molar-refractivity contribution >= 4 is 5.91 Å². The van der Waals surface area contributed by atoms with Crippen LogP contribution in [0.3, 0.4) is 0 Å². The summed E-state index contributed by atoms with van der Waals surface area (Å²) in [5, 5.41) is 14.4. The van der Waals surface area contributed by atoms with E-state index in [4.69, 9.17) is 24.7 Å². The number of hydrogen-bond acceptors (Lipinski definition) is 7. The van der Waals surface area contributed by atoms with Gasteiger partial charge in [0, 0.05) is 51.9 Å². The van der Waals surface area contributed by atoms with Crippen LogP contribution in [0.2, 0.25) is 0 Å². The second-order valence-corrected chi connectivity index (χ2v) is 13.1. The summed E-state index contributed by atoms with van der Waals surface area (Å²) in [4.78, 5) is 13.2. The lowest BCUT2D eigenvalue weighted by molar-refractivity contribution is -0.127. The quantitative estimate of drug-likeness (QED) is 0.219. The number of carbonyl (C=O) groups excluding carboxylic acids is 1. The van der Waals surface area contributed by atoms with Crippen molar-refractivity contribution in [1.29, 1.82) is 0 Å². The van der Waals surface area contributed by atoms with Crippen molar-refractivity contribution in [3.8, 4) is 11.5 Å². The molecule has 0 aromatic heterocycles. The summed E-state index contributed by atoms with van der Waals surface area (Å²) < 4.78 is 22.1. The predicted octanol–water partition coefficient (Wildman–Crippen LogP) is 4.60. The highest BCUT2D eigenvalue weighted by molar-refractivity contribution is 5.79. The standard InChI is InChI=1S/C33H56N2O6/c1-22(2)25(16-24-8-9-30(39-6)31(17-24)41-13-7-12-38-5)18-28(34)29(36)19-27(23(3)4)32(37)35-21-26-20-33(26)10-14-40-15-11-33/h8-9,17,22-23,25-29,36H,7,10-16,18-21,34H2,1-6H3,(H,35,37)/t25?,26-,27?,28-,29?/m0/s1. The van der Waals surface area contributed by atoms with Crippen molar-refractivity contribution < 1.29 is 28.8 Å². The molecule has 1 aliphatic heterocycles. The highest BCUT2D eigenvalue weighted by atomic mass is 16.5. The predicted molar refractivity (Wildman–Crippen MR) is 162 cm³/mol. The fraction of sp³-hybridized carbons (Fsp3) is 0.788. The van der Waals surface area contributed by atoms with Crippen molar-refractivity contribution in [1.82, 2.24) is 5.32 Å². The largest absolute Gasteiger partial charge is 0.493 e. The number of hydrogen-bond donors (Lipinski definition) is 3. The lowest BCUT2D eigenvalue weighted by Crippen LogP contribution is -2.43. The first kappa shape index (κ1) is 33.6. The molecule has 1 saturated heterocycles. The van der Waals surface area contributed by atoms with Gasteiger partial charge in [-0.1, -0.05) is 33.8 Å². The van der Waals surface area contributed by atoms with Crippen LogP contribution in [0, 0.1) is 35.0 Å². The molecule has 1 aromatic carbocycles. The summed E-state index contributed by atoms with van der Waals surface area (Å²) in [7, 11) is 3.33. The second-order valence-electron chi connectivity index (χ2n) is 13.1. The van der Waals surface area contributed by atoms with Crippen molar-refractivity contribution in [3.63, 3.8) is 0 Å². The fourth-order valence-electron chi connectivity index (χ4n) is 6.33. The van der Waals surface area contributed by atoms with Crippen molar-refractivity contribution in [3.05, 3.63) is 23.8 Å². The van der Waals surface area contributed by atoms with Crippen LogP contribution in [0.1, 0.15) is 71.8 Å². The van der Waals surface area contributed by atoms with Gasteiger partial charge >= 0.3 is 0 Å². The van der Waals surface area contributed by atoms with Crippen LogP contribution in [0.4, 0.5) is 0 Å². The van der Waals surface area contributed by atoms with E-state index >= 15 is 0 Å². The van der Waals surface area contributed by atoms with Gasteiger partial charge in [-0.25, -0.2) is 0 Å². The van der Waals surface area contributed by atoms with Crippen LogP contribution in [0.25, 0.3) is 0 Å². The number of aliphatic hydroxyl groups excluding tert-OH is 1. The monoisotopic (exact) mass is 576 g/mol. The van der Waals surface area contributed by atoms with Crippen molar-refractivity contribution in [2.75, 3.05) is 47.2 Å². The zero-order valence-electron chi connectivity index (χ0n) is 26.3. The van der Waals surface area contributed by atoms with Gasteiger partial charge in [0.2, 0.25) is 5.91 Å². The Bertz CT molecular complexity index is 932. The molecule has 2 fully saturated rings. The molecule has 0 radical (unpaired) electrons. The molecular formula is C33H56N2O6. The van der Waals surface area contributed by atoms with Crippen molar-refractivity contribution in [2.24, 2.45) is 40.7 Å². The van der Waals surface area contributed by atoms with Crippen LogP contribution < -0.4 is 20.5 Å². The lowest BCUT2D eigenvalue weighted by atomic mass is 9.80. The molecule has 41 heavy (non-hydrogen) atoms. The maximum absolute atomic E-state index is 13.2. The maximum Gasteiger partial charge on any atom is 0.223 e. The Balaban J connectivity index is 1.54. The van der Waals surface area contributed by atoms with Gasteiger partial charge < -0.3 is 35.1 Å².